The number of ether oxygens (including phenoxy) is 3. The minimum atomic E-state index is -0.842. The zero-order valence-corrected chi connectivity index (χ0v) is 20.4. The standard InChI is InChI=1S/C26H42O6/c1-5-6-7-8-9-10-11-12-13-16-26(29)32-21(3)22-19-23(30-4)24(18-20(22)2)31-17-14-15-25(27)28/h18-19,21H,5-17H2,1-4H3,(H,27,28). The van der Waals surface area contributed by atoms with Crippen molar-refractivity contribution in [3.8, 4) is 11.5 Å². The first-order valence-corrected chi connectivity index (χ1v) is 12.1. The molecule has 0 aliphatic carbocycles. The molecule has 0 saturated carbocycles. The number of hydrogen-bond acceptors (Lipinski definition) is 5. The molecule has 1 N–H and O–H groups in total. The number of carbonyl (C=O) groups excluding carboxylic acids is 1. The van der Waals surface area contributed by atoms with Gasteiger partial charge in [-0.05, 0) is 49.9 Å². The van der Waals surface area contributed by atoms with Crippen LogP contribution in [0, 0.1) is 6.92 Å². The number of aryl methyl sites for hydroxylation is 1. The summed E-state index contributed by atoms with van der Waals surface area (Å²) in [7, 11) is 1.55. The van der Waals surface area contributed by atoms with Gasteiger partial charge in [0.15, 0.2) is 11.5 Å². The molecule has 0 heterocycles. The Kier molecular flexibility index (Phi) is 14.2. The van der Waals surface area contributed by atoms with Crippen LogP contribution >= 0.6 is 0 Å². The van der Waals surface area contributed by atoms with Crippen LogP contribution < -0.4 is 9.47 Å². The lowest BCUT2D eigenvalue weighted by Gasteiger charge is -2.19. The number of hydrogen-bond donors (Lipinski definition) is 1. The predicted octanol–water partition coefficient (Wildman–Crippen LogP) is 6.77. The van der Waals surface area contributed by atoms with Crippen molar-refractivity contribution in [1.82, 2.24) is 0 Å². The Bertz CT molecular complexity index is 685. The van der Waals surface area contributed by atoms with E-state index in [9.17, 15) is 9.59 Å². The number of rotatable bonds is 18. The second-order valence-corrected chi connectivity index (χ2v) is 8.42. The molecule has 1 unspecified atom stereocenters. The van der Waals surface area contributed by atoms with E-state index in [4.69, 9.17) is 19.3 Å². The van der Waals surface area contributed by atoms with Crippen LogP contribution in [0.5, 0.6) is 11.5 Å². The SMILES string of the molecule is CCCCCCCCCCCC(=O)OC(C)c1cc(OC)c(OCCCC(=O)O)cc1C. The first-order valence-electron chi connectivity index (χ1n) is 12.1. The van der Waals surface area contributed by atoms with Gasteiger partial charge in [-0.2, -0.15) is 0 Å². The number of esters is 1. The Hall–Kier alpha value is -2.24. The van der Waals surface area contributed by atoms with E-state index in [0.29, 0.717) is 30.9 Å². The molecule has 32 heavy (non-hydrogen) atoms. The van der Waals surface area contributed by atoms with Crippen molar-refractivity contribution >= 4 is 11.9 Å². The van der Waals surface area contributed by atoms with E-state index in [2.05, 4.69) is 6.92 Å². The highest BCUT2D eigenvalue weighted by molar-refractivity contribution is 5.69. The van der Waals surface area contributed by atoms with Gasteiger partial charge in [0.1, 0.15) is 6.10 Å². The van der Waals surface area contributed by atoms with E-state index in [-0.39, 0.29) is 18.5 Å². The Morgan fingerprint density at radius 1 is 0.906 bits per heavy atom. The van der Waals surface area contributed by atoms with Crippen molar-refractivity contribution in [3.05, 3.63) is 23.3 Å². The van der Waals surface area contributed by atoms with Gasteiger partial charge in [-0.25, -0.2) is 0 Å². The summed E-state index contributed by atoms with van der Waals surface area (Å²) in [5.74, 6) is 0.0908. The van der Waals surface area contributed by atoms with E-state index in [0.717, 1.165) is 24.0 Å². The number of methoxy groups -OCH3 is 1. The van der Waals surface area contributed by atoms with Gasteiger partial charge < -0.3 is 19.3 Å². The third-order valence-corrected chi connectivity index (χ3v) is 5.58. The first kappa shape index (κ1) is 27.8. The number of benzene rings is 1. The summed E-state index contributed by atoms with van der Waals surface area (Å²) in [6.07, 6.45) is 11.5. The fourth-order valence-electron chi connectivity index (χ4n) is 3.69. The molecule has 0 spiro atoms. The molecule has 0 aromatic heterocycles. The lowest BCUT2D eigenvalue weighted by Crippen LogP contribution is -2.10. The third kappa shape index (κ3) is 11.4. The molecule has 0 amide bonds. The van der Waals surface area contributed by atoms with Crippen LogP contribution in [0.15, 0.2) is 12.1 Å². The van der Waals surface area contributed by atoms with Gasteiger partial charge in [0, 0.05) is 12.8 Å². The maximum Gasteiger partial charge on any atom is 0.306 e. The second kappa shape index (κ2) is 16.4. The van der Waals surface area contributed by atoms with Crippen molar-refractivity contribution in [2.24, 2.45) is 0 Å². The zero-order valence-electron chi connectivity index (χ0n) is 20.4. The molecule has 1 atom stereocenters. The molecule has 0 aliphatic rings. The topological polar surface area (TPSA) is 82.1 Å². The zero-order chi connectivity index (χ0) is 23.8. The van der Waals surface area contributed by atoms with Crippen LogP contribution in [0.1, 0.15) is 108 Å². The van der Waals surface area contributed by atoms with Gasteiger partial charge in [-0.15, -0.1) is 0 Å². The van der Waals surface area contributed by atoms with Gasteiger partial charge in [0.05, 0.1) is 13.7 Å². The number of aliphatic carboxylic acids is 1. The number of carboxylic acid groups (broad SMARTS) is 1. The molecule has 182 valence electrons. The van der Waals surface area contributed by atoms with E-state index >= 15 is 0 Å². The predicted molar refractivity (Wildman–Crippen MR) is 126 cm³/mol. The van der Waals surface area contributed by atoms with Gasteiger partial charge >= 0.3 is 11.9 Å². The average Bonchev–Trinajstić information content (AvgIpc) is 2.75. The molecule has 1 aromatic rings. The fraction of sp³-hybridized carbons (Fsp3) is 0.692. The summed E-state index contributed by atoms with van der Waals surface area (Å²) in [5, 5.41) is 8.73. The molecule has 1 aromatic carbocycles. The van der Waals surface area contributed by atoms with Gasteiger partial charge in [-0.1, -0.05) is 58.3 Å². The highest BCUT2D eigenvalue weighted by atomic mass is 16.5. The summed E-state index contributed by atoms with van der Waals surface area (Å²) in [6.45, 7) is 6.33. The normalized spacial score (nSPS) is 11.8. The number of carbonyl (C=O) groups is 2. The van der Waals surface area contributed by atoms with Crippen LogP contribution in [0.3, 0.4) is 0 Å². The smallest absolute Gasteiger partial charge is 0.306 e. The number of carboxylic acids is 1. The van der Waals surface area contributed by atoms with Crippen molar-refractivity contribution in [3.63, 3.8) is 0 Å². The lowest BCUT2D eigenvalue weighted by atomic mass is 10.0. The molecular weight excluding hydrogens is 408 g/mol. The van der Waals surface area contributed by atoms with Crippen LogP contribution in [-0.2, 0) is 14.3 Å². The first-order chi connectivity index (χ1) is 15.4. The Labute approximate surface area is 193 Å². The fourth-order valence-corrected chi connectivity index (χ4v) is 3.69. The van der Waals surface area contributed by atoms with Crippen LogP contribution in [0.4, 0.5) is 0 Å². The Morgan fingerprint density at radius 2 is 1.53 bits per heavy atom. The van der Waals surface area contributed by atoms with Gasteiger partial charge in [0.2, 0.25) is 0 Å². The lowest BCUT2D eigenvalue weighted by molar-refractivity contribution is -0.148. The highest BCUT2D eigenvalue weighted by Crippen LogP contribution is 2.34. The molecule has 0 aliphatic heterocycles. The number of unbranched alkanes of at least 4 members (excludes halogenated alkanes) is 8. The summed E-state index contributed by atoms with van der Waals surface area (Å²) < 4.78 is 16.8. The van der Waals surface area contributed by atoms with Gasteiger partial charge in [-0.3, -0.25) is 9.59 Å². The largest absolute Gasteiger partial charge is 0.493 e. The summed E-state index contributed by atoms with van der Waals surface area (Å²) >= 11 is 0. The molecule has 0 bridgehead atoms. The van der Waals surface area contributed by atoms with Gasteiger partial charge in [0.25, 0.3) is 0 Å². The van der Waals surface area contributed by atoms with E-state index in [1.54, 1.807) is 7.11 Å². The second-order valence-electron chi connectivity index (χ2n) is 8.42. The van der Waals surface area contributed by atoms with Crippen LogP contribution in [0.25, 0.3) is 0 Å². The quantitative estimate of drug-likeness (QED) is 0.196. The summed E-state index contributed by atoms with van der Waals surface area (Å²) in [4.78, 5) is 22.9. The molecule has 0 radical (unpaired) electrons. The maximum atomic E-state index is 12.3. The summed E-state index contributed by atoms with van der Waals surface area (Å²) in [6, 6.07) is 3.68. The Balaban J connectivity index is 2.43. The van der Waals surface area contributed by atoms with Crippen molar-refractivity contribution < 1.29 is 28.9 Å². The third-order valence-electron chi connectivity index (χ3n) is 5.58. The van der Waals surface area contributed by atoms with Crippen molar-refractivity contribution in [2.45, 2.75) is 104 Å². The maximum absolute atomic E-state index is 12.3. The highest BCUT2D eigenvalue weighted by Gasteiger charge is 2.17. The Morgan fingerprint density at radius 3 is 2.12 bits per heavy atom. The van der Waals surface area contributed by atoms with Crippen molar-refractivity contribution in [2.75, 3.05) is 13.7 Å². The van der Waals surface area contributed by atoms with Crippen LogP contribution in [0.2, 0.25) is 0 Å². The molecular formula is C26H42O6. The minimum absolute atomic E-state index is 0.0608. The van der Waals surface area contributed by atoms with E-state index in [1.165, 1.54) is 44.9 Å². The molecule has 1 rings (SSSR count). The monoisotopic (exact) mass is 450 g/mol. The van der Waals surface area contributed by atoms with Crippen molar-refractivity contribution in [1.29, 1.82) is 0 Å². The van der Waals surface area contributed by atoms with E-state index < -0.39 is 5.97 Å². The molecule has 0 fully saturated rings. The molecule has 6 nitrogen and oxygen atoms in total. The van der Waals surface area contributed by atoms with E-state index in [1.807, 2.05) is 26.0 Å². The molecule has 6 heteroatoms. The minimum Gasteiger partial charge on any atom is -0.493 e. The molecule has 0 saturated heterocycles. The average molecular weight is 451 g/mol. The summed E-state index contributed by atoms with van der Waals surface area (Å²) in [5.41, 5.74) is 1.81. The van der Waals surface area contributed by atoms with Crippen LogP contribution in [-0.4, -0.2) is 30.8 Å².